The van der Waals surface area contributed by atoms with Crippen LogP contribution >= 0.6 is 0 Å². The fourth-order valence-electron chi connectivity index (χ4n) is 1.39. The number of nitrogens with two attached hydrogens (primary N) is 1. The van der Waals surface area contributed by atoms with Crippen LogP contribution in [0, 0.1) is 11.3 Å². The summed E-state index contributed by atoms with van der Waals surface area (Å²) in [7, 11) is 0. The van der Waals surface area contributed by atoms with Crippen LogP contribution < -0.4 is 5.73 Å². The molecule has 0 fully saturated rings. The highest BCUT2D eigenvalue weighted by molar-refractivity contribution is 5.39. The number of rotatable bonds is 4. The van der Waals surface area contributed by atoms with Gasteiger partial charge in [-0.2, -0.15) is 5.26 Å². The number of nitrogens with zero attached hydrogens (tertiary/aromatic N) is 1. The van der Waals surface area contributed by atoms with Gasteiger partial charge >= 0.3 is 0 Å². The van der Waals surface area contributed by atoms with E-state index in [-0.39, 0.29) is 12.6 Å². The number of benzene rings is 1. The van der Waals surface area contributed by atoms with Gasteiger partial charge in [0.05, 0.1) is 11.6 Å². The van der Waals surface area contributed by atoms with Crippen molar-refractivity contribution in [1.29, 1.82) is 5.26 Å². The van der Waals surface area contributed by atoms with Gasteiger partial charge < -0.3 is 10.8 Å². The lowest BCUT2D eigenvalue weighted by Gasteiger charge is -2.12. The van der Waals surface area contributed by atoms with E-state index in [1.165, 1.54) is 0 Å². The summed E-state index contributed by atoms with van der Waals surface area (Å²) >= 11 is 0. The molecule has 1 aromatic carbocycles. The fourth-order valence-corrected chi connectivity index (χ4v) is 1.39. The Kier molecular flexibility index (Phi) is 4.11. The van der Waals surface area contributed by atoms with Crippen LogP contribution in [0.5, 0.6) is 0 Å². The second kappa shape index (κ2) is 5.38. The van der Waals surface area contributed by atoms with Crippen molar-refractivity contribution in [2.45, 2.75) is 18.9 Å². The molecule has 0 saturated heterocycles. The molecule has 14 heavy (non-hydrogen) atoms. The summed E-state index contributed by atoms with van der Waals surface area (Å²) in [5.74, 6) is 0. The Morgan fingerprint density at radius 1 is 1.43 bits per heavy atom. The number of hydrogen-bond acceptors (Lipinski definition) is 3. The Morgan fingerprint density at radius 2 is 2.14 bits per heavy atom. The zero-order valence-corrected chi connectivity index (χ0v) is 7.98. The van der Waals surface area contributed by atoms with Gasteiger partial charge in [-0.15, -0.1) is 0 Å². The van der Waals surface area contributed by atoms with Crippen molar-refractivity contribution >= 4 is 0 Å². The van der Waals surface area contributed by atoms with Gasteiger partial charge in [-0.3, -0.25) is 0 Å². The first-order valence-electron chi connectivity index (χ1n) is 4.65. The smallest absolute Gasteiger partial charge is 0.0995 e. The molecule has 0 unspecified atom stereocenters. The molecule has 0 radical (unpaired) electrons. The van der Waals surface area contributed by atoms with Crippen molar-refractivity contribution in [3.05, 3.63) is 35.4 Å². The molecule has 0 spiro atoms. The highest BCUT2D eigenvalue weighted by atomic mass is 16.2. The van der Waals surface area contributed by atoms with E-state index in [4.69, 9.17) is 16.1 Å². The Balaban J connectivity index is 2.79. The van der Waals surface area contributed by atoms with Crippen LogP contribution in [0.1, 0.15) is 30.0 Å². The fraction of sp³-hybridized carbons (Fsp3) is 0.364. The third-order valence-corrected chi connectivity index (χ3v) is 2.15. The molecule has 0 amide bonds. The Hall–Kier alpha value is -1.37. The van der Waals surface area contributed by atoms with E-state index in [0.717, 1.165) is 5.56 Å². The highest BCUT2D eigenvalue weighted by Gasteiger charge is 2.09. The normalized spacial score (nSPS) is 12.1. The van der Waals surface area contributed by atoms with E-state index in [9.17, 15) is 0 Å². The quantitative estimate of drug-likeness (QED) is 0.752. The maximum Gasteiger partial charge on any atom is 0.0995 e. The third-order valence-electron chi connectivity index (χ3n) is 2.15. The molecule has 0 heterocycles. The average molecular weight is 190 g/mol. The summed E-state index contributed by atoms with van der Waals surface area (Å²) in [6, 6.07) is 9.27. The minimum atomic E-state index is -0.155. The van der Waals surface area contributed by atoms with Crippen molar-refractivity contribution in [2.75, 3.05) is 6.61 Å². The van der Waals surface area contributed by atoms with E-state index >= 15 is 0 Å². The largest absolute Gasteiger partial charge is 0.396 e. The molecule has 74 valence electrons. The molecule has 0 saturated carbocycles. The van der Waals surface area contributed by atoms with E-state index < -0.39 is 0 Å². The lowest BCUT2D eigenvalue weighted by atomic mass is 9.98. The van der Waals surface area contributed by atoms with Gasteiger partial charge in [0.15, 0.2) is 0 Å². The SMILES string of the molecule is N#Cc1ccccc1[C@@H](N)CCCO. The summed E-state index contributed by atoms with van der Waals surface area (Å²) in [5, 5.41) is 17.5. The van der Waals surface area contributed by atoms with Gasteiger partial charge in [-0.25, -0.2) is 0 Å². The van der Waals surface area contributed by atoms with Crippen LogP contribution in [0.4, 0.5) is 0 Å². The summed E-state index contributed by atoms with van der Waals surface area (Å²) in [6.45, 7) is 0.141. The van der Waals surface area contributed by atoms with Crippen LogP contribution in [-0.4, -0.2) is 11.7 Å². The monoisotopic (exact) mass is 190 g/mol. The molecular weight excluding hydrogens is 176 g/mol. The lowest BCUT2D eigenvalue weighted by molar-refractivity contribution is 0.280. The van der Waals surface area contributed by atoms with E-state index in [1.807, 2.05) is 18.2 Å². The van der Waals surface area contributed by atoms with E-state index in [0.29, 0.717) is 18.4 Å². The van der Waals surface area contributed by atoms with Gasteiger partial charge in [0.1, 0.15) is 0 Å². The van der Waals surface area contributed by atoms with Crippen molar-refractivity contribution < 1.29 is 5.11 Å². The Bertz CT molecular complexity index is 330. The molecule has 1 atom stereocenters. The first-order valence-corrected chi connectivity index (χ1v) is 4.65. The zero-order chi connectivity index (χ0) is 10.4. The maximum atomic E-state index is 8.84. The van der Waals surface area contributed by atoms with Gasteiger partial charge in [0.2, 0.25) is 0 Å². The molecule has 0 aliphatic rings. The van der Waals surface area contributed by atoms with Gasteiger partial charge in [0, 0.05) is 12.6 Å². The van der Waals surface area contributed by atoms with Gasteiger partial charge in [0.25, 0.3) is 0 Å². The maximum absolute atomic E-state index is 8.84. The van der Waals surface area contributed by atoms with Crippen molar-refractivity contribution in [3.63, 3.8) is 0 Å². The minimum Gasteiger partial charge on any atom is -0.396 e. The topological polar surface area (TPSA) is 70.0 Å². The molecule has 3 N–H and O–H groups in total. The Morgan fingerprint density at radius 3 is 2.79 bits per heavy atom. The minimum absolute atomic E-state index is 0.141. The predicted molar refractivity (Wildman–Crippen MR) is 54.4 cm³/mol. The second-order valence-corrected chi connectivity index (χ2v) is 3.17. The van der Waals surface area contributed by atoms with Crippen molar-refractivity contribution in [3.8, 4) is 6.07 Å². The number of aliphatic hydroxyl groups excluding tert-OH is 1. The average Bonchev–Trinajstić information content (AvgIpc) is 2.25. The number of hydrogen-bond donors (Lipinski definition) is 2. The molecule has 0 bridgehead atoms. The highest BCUT2D eigenvalue weighted by Crippen LogP contribution is 2.19. The molecule has 0 aliphatic carbocycles. The van der Waals surface area contributed by atoms with Crippen LogP contribution in [-0.2, 0) is 0 Å². The second-order valence-electron chi connectivity index (χ2n) is 3.17. The zero-order valence-electron chi connectivity index (χ0n) is 7.98. The molecule has 1 rings (SSSR count). The van der Waals surface area contributed by atoms with Crippen LogP contribution in [0.15, 0.2) is 24.3 Å². The molecule has 3 nitrogen and oxygen atoms in total. The molecule has 0 aliphatic heterocycles. The number of aliphatic hydroxyl groups is 1. The summed E-state index contributed by atoms with van der Waals surface area (Å²) in [4.78, 5) is 0. The van der Waals surface area contributed by atoms with Crippen molar-refractivity contribution in [2.24, 2.45) is 5.73 Å². The number of nitriles is 1. The van der Waals surface area contributed by atoms with E-state index in [1.54, 1.807) is 6.07 Å². The molecular formula is C11H14N2O. The molecule has 3 heteroatoms. The summed E-state index contributed by atoms with van der Waals surface area (Å²) in [5.41, 5.74) is 7.38. The first-order chi connectivity index (χ1) is 6.79. The summed E-state index contributed by atoms with van der Waals surface area (Å²) < 4.78 is 0. The molecule has 1 aromatic rings. The van der Waals surface area contributed by atoms with Gasteiger partial charge in [-0.05, 0) is 24.5 Å². The lowest BCUT2D eigenvalue weighted by Crippen LogP contribution is -2.12. The van der Waals surface area contributed by atoms with Crippen LogP contribution in [0.3, 0.4) is 0 Å². The molecule has 0 aromatic heterocycles. The summed E-state index contributed by atoms with van der Waals surface area (Å²) in [6.07, 6.45) is 1.37. The van der Waals surface area contributed by atoms with Crippen molar-refractivity contribution in [1.82, 2.24) is 0 Å². The van der Waals surface area contributed by atoms with Crippen LogP contribution in [0.2, 0.25) is 0 Å². The van der Waals surface area contributed by atoms with Gasteiger partial charge in [-0.1, -0.05) is 18.2 Å². The first kappa shape index (κ1) is 10.7. The standard InChI is InChI=1S/C11H14N2O/c12-8-9-4-1-2-5-10(9)11(13)6-3-7-14/h1-2,4-5,11,14H,3,6-7,13H2/t11-/m0/s1. The van der Waals surface area contributed by atoms with E-state index in [2.05, 4.69) is 6.07 Å². The van der Waals surface area contributed by atoms with Crippen LogP contribution in [0.25, 0.3) is 0 Å². The Labute approximate surface area is 83.8 Å². The third kappa shape index (κ3) is 2.56. The predicted octanol–water partition coefficient (Wildman–Crippen LogP) is 1.33.